The monoisotopic (exact) mass is 338 g/mol. The first-order valence-corrected chi connectivity index (χ1v) is 7.89. The third-order valence-corrected chi connectivity index (χ3v) is 6.75. The van der Waals surface area contributed by atoms with E-state index in [0.717, 1.165) is 37.4 Å². The number of nitrogens with zero attached hydrogens (tertiary/aromatic N) is 4. The molecule has 0 aliphatic carbocycles. The normalized spacial score (nSPS) is 17.9. The molecule has 0 aliphatic rings. The Bertz CT molecular complexity index is 569. The predicted octanol–water partition coefficient (Wildman–Crippen LogP) is -6.16. The minimum absolute atomic E-state index is 0. The smallest absolute Gasteiger partial charge is 0.781 e. The first-order chi connectivity index (χ1) is 8.37. The van der Waals surface area contributed by atoms with Crippen LogP contribution < -0.4 is 68.9 Å². The molecule has 2 unspecified atom stereocenters. The largest absolute Gasteiger partial charge is 1.00 e. The van der Waals surface area contributed by atoms with E-state index in [1.54, 1.807) is 0 Å². The Hall–Kier alpha value is 0.730. The van der Waals surface area contributed by atoms with Gasteiger partial charge in [0, 0.05) is 24.8 Å². The van der Waals surface area contributed by atoms with Crippen LogP contribution in [0.2, 0.25) is 0 Å². The van der Waals surface area contributed by atoms with Crippen LogP contribution in [0.3, 0.4) is 0 Å². The number of hydrogen-bond donors (Lipinski definition) is 0. The fourth-order valence-corrected chi connectivity index (χ4v) is 4.77. The van der Waals surface area contributed by atoms with Crippen molar-refractivity contribution in [3.8, 4) is 0 Å². The van der Waals surface area contributed by atoms with Crippen molar-refractivity contribution in [3.05, 3.63) is 37.4 Å². The summed E-state index contributed by atoms with van der Waals surface area (Å²) in [4.78, 5) is 30.3. The summed E-state index contributed by atoms with van der Waals surface area (Å²) in [6.45, 7) is 0. The second kappa shape index (κ2) is 7.83. The molecule has 98 valence electrons. The van der Waals surface area contributed by atoms with E-state index in [2.05, 4.69) is 9.97 Å². The van der Waals surface area contributed by atoms with Crippen LogP contribution in [0.15, 0.2) is 37.4 Å². The molecule has 2 rings (SSSR count). The van der Waals surface area contributed by atoms with Crippen molar-refractivity contribution in [1.29, 1.82) is 0 Å². The van der Waals surface area contributed by atoms with Gasteiger partial charge in [0.1, 0.15) is 15.0 Å². The summed E-state index contributed by atoms with van der Waals surface area (Å²) in [5, 5.41) is 0. The maximum Gasteiger partial charge on any atom is 1.00 e. The first kappa shape index (κ1) is 20.7. The van der Waals surface area contributed by atoms with Crippen molar-refractivity contribution < 1.29 is 82.4 Å². The van der Waals surface area contributed by atoms with E-state index < -0.39 is 20.7 Å². The number of alkyl halides is 1. The Morgan fingerprint density at radius 2 is 1.30 bits per heavy atom. The van der Waals surface area contributed by atoms with Crippen LogP contribution in [0, 0.1) is 0 Å². The summed E-state index contributed by atoms with van der Waals surface area (Å²) in [6, 6.07) is 0. The van der Waals surface area contributed by atoms with Gasteiger partial charge in [-0.2, -0.15) is 0 Å². The van der Waals surface area contributed by atoms with Crippen molar-refractivity contribution in [2.45, 2.75) is 5.65 Å². The van der Waals surface area contributed by atoms with Crippen LogP contribution in [-0.2, 0) is 9.13 Å². The average Bonchev–Trinajstić information content (AvgIpc) is 3.00. The van der Waals surface area contributed by atoms with E-state index in [-0.39, 0.29) is 59.1 Å². The van der Waals surface area contributed by atoms with Crippen molar-refractivity contribution in [2.24, 2.45) is 0 Å². The SMILES string of the molecule is O=P([O-])(C(F)P(=O)([O-])n1ccnc1)n1ccnc1.[Na+].[Na+]. The molecule has 0 N–H and O–H groups in total. The number of rotatable bonds is 4. The van der Waals surface area contributed by atoms with Crippen LogP contribution in [0.5, 0.6) is 0 Å². The molecule has 2 heterocycles. The first-order valence-electron chi connectivity index (χ1n) is 4.60. The molecule has 0 fully saturated rings. The van der Waals surface area contributed by atoms with Gasteiger partial charge in [-0.05, 0) is 0 Å². The van der Waals surface area contributed by atoms with E-state index >= 15 is 0 Å². The van der Waals surface area contributed by atoms with Gasteiger partial charge in [-0.15, -0.1) is 0 Å². The standard InChI is InChI=1S/C7H9FN4O4P2.2Na/c8-7(17(13,14)11-3-1-9-5-11)18(15,16)12-4-2-10-6-12;;/h1-7H,(H,13,14)(H,15,16);;/q;2*+1/p-2. The predicted molar refractivity (Wildman–Crippen MR) is 55.4 cm³/mol. The summed E-state index contributed by atoms with van der Waals surface area (Å²) in [6.07, 6.45) is 5.74. The molecule has 0 saturated heterocycles. The Morgan fingerprint density at radius 1 is 0.950 bits per heavy atom. The second-order valence-electron chi connectivity index (χ2n) is 3.32. The fourth-order valence-electron chi connectivity index (χ4n) is 1.24. The molecule has 0 aromatic carbocycles. The molecular weight excluding hydrogens is 331 g/mol. The molecule has 0 bridgehead atoms. The summed E-state index contributed by atoms with van der Waals surface area (Å²) in [5.74, 6) is 0. The molecule has 2 aromatic heterocycles. The van der Waals surface area contributed by atoms with Gasteiger partial charge in [0.2, 0.25) is 5.65 Å². The van der Waals surface area contributed by atoms with Gasteiger partial charge in [-0.25, -0.2) is 14.4 Å². The Balaban J connectivity index is 0.00000180. The molecule has 2 aromatic rings. The van der Waals surface area contributed by atoms with Crippen molar-refractivity contribution in [1.82, 2.24) is 18.6 Å². The van der Waals surface area contributed by atoms with Gasteiger partial charge in [0.05, 0.1) is 12.7 Å². The zero-order chi connectivity index (χ0) is 13.4. The van der Waals surface area contributed by atoms with Gasteiger partial charge >= 0.3 is 59.1 Å². The Kier molecular flexibility index (Phi) is 8.12. The quantitative estimate of drug-likeness (QED) is 0.405. The van der Waals surface area contributed by atoms with Gasteiger partial charge in [0.15, 0.2) is 0 Å². The van der Waals surface area contributed by atoms with Crippen LogP contribution >= 0.6 is 15.0 Å². The molecule has 0 saturated carbocycles. The second-order valence-corrected chi connectivity index (χ2v) is 7.82. The van der Waals surface area contributed by atoms with Gasteiger partial charge < -0.3 is 18.9 Å². The van der Waals surface area contributed by atoms with Gasteiger partial charge in [0.25, 0.3) is 0 Å². The average molecular weight is 338 g/mol. The summed E-state index contributed by atoms with van der Waals surface area (Å²) in [7, 11) is -10.1. The molecule has 2 atom stereocenters. The van der Waals surface area contributed by atoms with Crippen LogP contribution in [0.25, 0.3) is 0 Å². The van der Waals surface area contributed by atoms with E-state index in [0.29, 0.717) is 8.68 Å². The topological polar surface area (TPSA) is 116 Å². The third kappa shape index (κ3) is 3.93. The molecule has 0 aliphatic heterocycles. The molecular formula is C7H7FN4Na2O4P2. The van der Waals surface area contributed by atoms with Crippen LogP contribution in [0.4, 0.5) is 4.39 Å². The fraction of sp³-hybridized carbons (Fsp3) is 0.143. The maximum atomic E-state index is 13.8. The van der Waals surface area contributed by atoms with Crippen LogP contribution in [0.1, 0.15) is 0 Å². The minimum atomic E-state index is -5.04. The number of halogens is 1. The van der Waals surface area contributed by atoms with Gasteiger partial charge in [-0.3, -0.25) is 8.68 Å². The number of aromatic nitrogens is 4. The summed E-state index contributed by atoms with van der Waals surface area (Å²) in [5.41, 5.74) is -3.09. The maximum absolute atomic E-state index is 13.8. The van der Waals surface area contributed by atoms with E-state index in [9.17, 15) is 23.3 Å². The van der Waals surface area contributed by atoms with Crippen LogP contribution in [-0.4, -0.2) is 24.3 Å². The van der Waals surface area contributed by atoms with E-state index in [1.165, 1.54) is 0 Å². The Morgan fingerprint density at radius 3 is 1.55 bits per heavy atom. The minimum Gasteiger partial charge on any atom is -0.781 e. The molecule has 20 heavy (non-hydrogen) atoms. The molecule has 8 nitrogen and oxygen atoms in total. The van der Waals surface area contributed by atoms with Crippen molar-refractivity contribution in [2.75, 3.05) is 0 Å². The molecule has 0 radical (unpaired) electrons. The van der Waals surface area contributed by atoms with E-state index in [1.807, 2.05) is 0 Å². The zero-order valence-electron chi connectivity index (χ0n) is 10.7. The van der Waals surface area contributed by atoms with Gasteiger partial charge in [-0.1, -0.05) is 0 Å². The molecule has 0 amide bonds. The summed E-state index contributed by atoms with van der Waals surface area (Å²) < 4.78 is 38.1. The Labute approximate surface area is 158 Å². The van der Waals surface area contributed by atoms with Crippen molar-refractivity contribution in [3.63, 3.8) is 0 Å². The zero-order valence-corrected chi connectivity index (χ0v) is 16.5. The molecule has 13 heteroatoms. The summed E-state index contributed by atoms with van der Waals surface area (Å²) >= 11 is 0. The number of hydrogen-bond acceptors (Lipinski definition) is 6. The third-order valence-electron chi connectivity index (χ3n) is 2.16. The van der Waals surface area contributed by atoms with Crippen molar-refractivity contribution >= 4 is 15.0 Å². The number of imidazole rings is 2. The molecule has 0 spiro atoms. The van der Waals surface area contributed by atoms with E-state index in [4.69, 9.17) is 0 Å².